The van der Waals surface area contributed by atoms with E-state index in [1.54, 1.807) is 0 Å². The predicted octanol–water partition coefficient (Wildman–Crippen LogP) is 6.35. The van der Waals surface area contributed by atoms with Gasteiger partial charge >= 0.3 is 0 Å². The first-order valence-electron chi connectivity index (χ1n) is 11.6. The van der Waals surface area contributed by atoms with Gasteiger partial charge in [-0.15, -0.1) is 0 Å². The van der Waals surface area contributed by atoms with E-state index in [0.717, 1.165) is 25.0 Å². The number of allylic oxidation sites excluding steroid dienone is 2. The van der Waals surface area contributed by atoms with Crippen LogP contribution in [-0.2, 0) is 12.8 Å². The number of hydrogen-bond acceptors (Lipinski definition) is 4. The van der Waals surface area contributed by atoms with Gasteiger partial charge in [0.05, 0.1) is 11.3 Å². The van der Waals surface area contributed by atoms with Crippen molar-refractivity contribution in [3.63, 3.8) is 0 Å². The highest BCUT2D eigenvalue weighted by Crippen LogP contribution is 2.26. The van der Waals surface area contributed by atoms with Gasteiger partial charge in [-0.05, 0) is 44.9 Å². The molecule has 0 saturated heterocycles. The molecule has 1 heterocycles. The summed E-state index contributed by atoms with van der Waals surface area (Å²) in [5.74, 6) is 0.461. The third kappa shape index (κ3) is 7.90. The molecule has 1 aromatic rings. The molecule has 1 N–H and O–H groups in total. The van der Waals surface area contributed by atoms with Crippen LogP contribution in [0, 0.1) is 0 Å². The Bertz CT molecular complexity index is 591. The number of aliphatic hydroxyl groups is 1. The van der Waals surface area contributed by atoms with E-state index in [2.05, 4.69) is 24.2 Å². The standard InChI is InChI=1S/C24H39NO3/c1-2-3-4-5-6-7-8-9-10-11-12-13-14-15-16-17-20-23-22(28-25-20)19-18-21(26)24(23)27/h9-10,21,26H,2-8,11-19H2,1H3/b10-9+. The largest absolute Gasteiger partial charge is 0.385 e. The van der Waals surface area contributed by atoms with Gasteiger partial charge < -0.3 is 9.63 Å². The summed E-state index contributed by atoms with van der Waals surface area (Å²) in [6, 6.07) is 0. The summed E-state index contributed by atoms with van der Waals surface area (Å²) >= 11 is 0. The summed E-state index contributed by atoms with van der Waals surface area (Å²) in [7, 11) is 0. The topological polar surface area (TPSA) is 63.3 Å². The molecule has 1 aliphatic carbocycles. The van der Waals surface area contributed by atoms with Crippen LogP contribution in [0.25, 0.3) is 0 Å². The number of carbonyl (C=O) groups is 1. The SMILES string of the molecule is CCCCCCCC/C=C/CCCCCCCc1noc2c1C(=O)C(O)CC2. The molecule has 0 amide bonds. The fraction of sp³-hybridized carbons (Fsp3) is 0.750. The van der Waals surface area contributed by atoms with Gasteiger partial charge in [-0.3, -0.25) is 4.79 Å². The van der Waals surface area contributed by atoms with Gasteiger partial charge in [0, 0.05) is 6.42 Å². The van der Waals surface area contributed by atoms with Crippen LogP contribution in [-0.4, -0.2) is 22.2 Å². The van der Waals surface area contributed by atoms with Crippen LogP contribution < -0.4 is 0 Å². The zero-order valence-electron chi connectivity index (χ0n) is 17.8. The molecule has 0 aliphatic heterocycles. The Labute approximate surface area is 170 Å². The van der Waals surface area contributed by atoms with Crippen LogP contribution >= 0.6 is 0 Å². The summed E-state index contributed by atoms with van der Waals surface area (Å²) in [5.41, 5.74) is 1.31. The van der Waals surface area contributed by atoms with E-state index in [1.165, 1.54) is 70.6 Å². The van der Waals surface area contributed by atoms with Gasteiger partial charge in [0.1, 0.15) is 11.9 Å². The number of carbonyl (C=O) groups excluding carboxylic acids is 1. The molecule has 1 aromatic heterocycles. The molecule has 28 heavy (non-hydrogen) atoms. The second-order valence-electron chi connectivity index (χ2n) is 8.18. The van der Waals surface area contributed by atoms with E-state index >= 15 is 0 Å². The Morgan fingerprint density at radius 1 is 0.964 bits per heavy atom. The molecule has 4 nitrogen and oxygen atoms in total. The van der Waals surface area contributed by atoms with Crippen LogP contribution in [0.1, 0.15) is 119 Å². The summed E-state index contributed by atoms with van der Waals surface area (Å²) < 4.78 is 5.29. The Hall–Kier alpha value is -1.42. The van der Waals surface area contributed by atoms with Crippen molar-refractivity contribution in [2.75, 3.05) is 0 Å². The summed E-state index contributed by atoms with van der Waals surface area (Å²) in [5, 5.41) is 13.8. The highest BCUT2D eigenvalue weighted by molar-refractivity contribution is 6.02. The van der Waals surface area contributed by atoms with Crippen molar-refractivity contribution in [3.8, 4) is 0 Å². The molecule has 2 rings (SSSR count). The maximum atomic E-state index is 12.1. The molecule has 1 aliphatic rings. The lowest BCUT2D eigenvalue weighted by atomic mass is 9.91. The molecule has 1 atom stereocenters. The third-order valence-electron chi connectivity index (χ3n) is 5.70. The monoisotopic (exact) mass is 389 g/mol. The molecule has 0 radical (unpaired) electrons. The highest BCUT2D eigenvalue weighted by Gasteiger charge is 2.31. The molecule has 0 fully saturated rings. The van der Waals surface area contributed by atoms with E-state index in [1.807, 2.05) is 0 Å². The second-order valence-corrected chi connectivity index (χ2v) is 8.18. The van der Waals surface area contributed by atoms with Crippen LogP contribution in [0.4, 0.5) is 0 Å². The summed E-state index contributed by atoms with van der Waals surface area (Å²) in [6.07, 6.45) is 22.3. The smallest absolute Gasteiger partial charge is 0.196 e. The van der Waals surface area contributed by atoms with Crippen LogP contribution in [0.5, 0.6) is 0 Å². The maximum absolute atomic E-state index is 12.1. The average Bonchev–Trinajstić information content (AvgIpc) is 3.11. The van der Waals surface area contributed by atoms with Gasteiger partial charge in [0.25, 0.3) is 0 Å². The number of hydrogen-bond donors (Lipinski definition) is 1. The van der Waals surface area contributed by atoms with Crippen LogP contribution in [0.3, 0.4) is 0 Å². The van der Waals surface area contributed by atoms with Crippen molar-refractivity contribution < 1.29 is 14.4 Å². The number of aromatic nitrogens is 1. The van der Waals surface area contributed by atoms with E-state index in [0.29, 0.717) is 24.2 Å². The number of fused-ring (bicyclic) bond motifs is 1. The number of rotatable bonds is 15. The number of nitrogens with zero attached hydrogens (tertiary/aromatic N) is 1. The van der Waals surface area contributed by atoms with Crippen molar-refractivity contribution in [1.29, 1.82) is 0 Å². The normalized spacial score (nSPS) is 16.8. The molecule has 0 bridgehead atoms. The van der Waals surface area contributed by atoms with Gasteiger partial charge in [0.15, 0.2) is 5.78 Å². The lowest BCUT2D eigenvalue weighted by Crippen LogP contribution is -2.27. The maximum Gasteiger partial charge on any atom is 0.196 e. The minimum Gasteiger partial charge on any atom is -0.385 e. The first kappa shape index (κ1) is 22.9. The minimum atomic E-state index is -0.875. The molecule has 1 unspecified atom stereocenters. The lowest BCUT2D eigenvalue weighted by Gasteiger charge is -2.14. The number of ketones is 1. The van der Waals surface area contributed by atoms with E-state index in [9.17, 15) is 9.90 Å². The van der Waals surface area contributed by atoms with E-state index in [4.69, 9.17) is 4.52 Å². The lowest BCUT2D eigenvalue weighted by molar-refractivity contribution is 0.0702. The van der Waals surface area contributed by atoms with Crippen LogP contribution in [0.15, 0.2) is 16.7 Å². The van der Waals surface area contributed by atoms with Gasteiger partial charge in [-0.25, -0.2) is 0 Å². The van der Waals surface area contributed by atoms with E-state index < -0.39 is 6.10 Å². The molecule has 0 aromatic carbocycles. The Morgan fingerprint density at radius 2 is 1.57 bits per heavy atom. The van der Waals surface area contributed by atoms with Gasteiger partial charge in [0.2, 0.25) is 0 Å². The molecular formula is C24H39NO3. The number of aliphatic hydroxyl groups excluding tert-OH is 1. The first-order valence-corrected chi connectivity index (χ1v) is 11.6. The Morgan fingerprint density at radius 3 is 2.25 bits per heavy atom. The summed E-state index contributed by atoms with van der Waals surface area (Å²) in [4.78, 5) is 12.1. The summed E-state index contributed by atoms with van der Waals surface area (Å²) in [6.45, 7) is 2.26. The Balaban J connectivity index is 1.45. The second kappa shape index (κ2) is 13.7. The number of unbranched alkanes of at least 4 members (excludes halogenated alkanes) is 11. The first-order chi connectivity index (χ1) is 13.7. The van der Waals surface area contributed by atoms with Crippen molar-refractivity contribution in [3.05, 3.63) is 29.2 Å². The highest BCUT2D eigenvalue weighted by atomic mass is 16.5. The number of aryl methyl sites for hydroxylation is 2. The zero-order valence-corrected chi connectivity index (χ0v) is 17.8. The molecule has 158 valence electrons. The molecule has 0 saturated carbocycles. The van der Waals surface area contributed by atoms with Crippen molar-refractivity contribution in [2.24, 2.45) is 0 Å². The zero-order chi connectivity index (χ0) is 20.0. The molecule has 0 spiro atoms. The van der Waals surface area contributed by atoms with Crippen molar-refractivity contribution in [2.45, 2.75) is 116 Å². The van der Waals surface area contributed by atoms with Crippen molar-refractivity contribution in [1.82, 2.24) is 5.16 Å². The fourth-order valence-electron chi connectivity index (χ4n) is 3.91. The Kier molecular flexibility index (Phi) is 11.2. The molecule has 4 heteroatoms. The quantitative estimate of drug-likeness (QED) is 0.280. The minimum absolute atomic E-state index is 0.203. The van der Waals surface area contributed by atoms with E-state index in [-0.39, 0.29) is 5.78 Å². The predicted molar refractivity (Wildman–Crippen MR) is 114 cm³/mol. The van der Waals surface area contributed by atoms with Crippen LogP contribution in [0.2, 0.25) is 0 Å². The van der Waals surface area contributed by atoms with Gasteiger partial charge in [-0.1, -0.05) is 75.6 Å². The third-order valence-corrected chi connectivity index (χ3v) is 5.70. The molecular weight excluding hydrogens is 350 g/mol. The average molecular weight is 390 g/mol. The fourth-order valence-corrected chi connectivity index (χ4v) is 3.91. The van der Waals surface area contributed by atoms with Crippen molar-refractivity contribution >= 4 is 5.78 Å². The van der Waals surface area contributed by atoms with Gasteiger partial charge in [-0.2, -0.15) is 0 Å². The number of Topliss-reactive ketones (excluding diaryl/α,β-unsaturated/α-hetero) is 1.